The molecule has 2 heterocycles. The van der Waals surface area contributed by atoms with Crippen molar-refractivity contribution in [2.75, 3.05) is 33.4 Å². The van der Waals surface area contributed by atoms with Crippen LogP contribution in [0.3, 0.4) is 0 Å². The van der Waals surface area contributed by atoms with Crippen molar-refractivity contribution in [2.24, 2.45) is 5.92 Å². The Kier molecular flexibility index (Phi) is 7.47. The molecule has 4 amide bonds. The fourth-order valence-corrected chi connectivity index (χ4v) is 4.80. The molecule has 8 heteroatoms. The van der Waals surface area contributed by atoms with Gasteiger partial charge in [0.1, 0.15) is 11.4 Å². The van der Waals surface area contributed by atoms with Gasteiger partial charge in [-0.1, -0.05) is 36.3 Å². The zero-order valence-electron chi connectivity index (χ0n) is 19.6. The Balaban J connectivity index is 1.51. The monoisotopic (exact) mass is 477 g/mol. The van der Waals surface area contributed by atoms with Gasteiger partial charge in [-0.15, -0.1) is 0 Å². The summed E-state index contributed by atoms with van der Waals surface area (Å²) in [6.07, 6.45) is 1.31. The molecule has 2 aliphatic rings. The lowest BCUT2D eigenvalue weighted by atomic mass is 9.74. The average Bonchev–Trinajstić information content (AvgIpc) is 3.12. The smallest absolute Gasteiger partial charge is 0.325 e. The lowest BCUT2D eigenvalue weighted by Gasteiger charge is -2.40. The van der Waals surface area contributed by atoms with Gasteiger partial charge < -0.3 is 15.0 Å². The molecule has 2 fully saturated rings. The number of hydrogen-bond donors (Lipinski definition) is 1. The van der Waals surface area contributed by atoms with Crippen LogP contribution < -0.4 is 5.32 Å². The number of ether oxygens (including phenoxy) is 1. The standard InChI is InChI=1S/C27H28FN3O4/c1-35-18-17-31-25(33)27(29-26(31)34,19-21-7-10-23(28)11-8-21)22-13-15-30(16-14-22)24(32)12-9-20-5-3-2-4-6-20/h2-8,10-11,22H,13-19H2,1H3,(H,29,34)/t27-/m0/s1. The van der Waals surface area contributed by atoms with Gasteiger partial charge in [-0.05, 0) is 48.6 Å². The van der Waals surface area contributed by atoms with E-state index in [1.54, 1.807) is 17.0 Å². The summed E-state index contributed by atoms with van der Waals surface area (Å²) in [5.74, 6) is 4.46. The van der Waals surface area contributed by atoms with Crippen LogP contribution in [-0.4, -0.2) is 66.5 Å². The molecule has 2 aromatic carbocycles. The van der Waals surface area contributed by atoms with Gasteiger partial charge in [0, 0.05) is 38.1 Å². The molecule has 0 saturated carbocycles. The van der Waals surface area contributed by atoms with Gasteiger partial charge in [0.2, 0.25) is 0 Å². The van der Waals surface area contributed by atoms with E-state index in [2.05, 4.69) is 17.2 Å². The van der Waals surface area contributed by atoms with E-state index in [1.807, 2.05) is 30.3 Å². The summed E-state index contributed by atoms with van der Waals surface area (Å²) in [5.41, 5.74) is 0.360. The highest BCUT2D eigenvalue weighted by Crippen LogP contribution is 2.36. The van der Waals surface area contributed by atoms with E-state index in [-0.39, 0.29) is 43.1 Å². The van der Waals surface area contributed by atoms with E-state index in [9.17, 15) is 18.8 Å². The van der Waals surface area contributed by atoms with Gasteiger partial charge in [-0.3, -0.25) is 14.5 Å². The Hall–Kier alpha value is -3.70. The van der Waals surface area contributed by atoms with Crippen LogP contribution in [0.25, 0.3) is 0 Å². The molecule has 0 radical (unpaired) electrons. The SMILES string of the molecule is COCCN1C(=O)N[C@@](Cc2ccc(F)cc2)(C2CCN(C(=O)C#Cc3ccccc3)CC2)C1=O. The van der Waals surface area contributed by atoms with E-state index in [0.29, 0.717) is 25.9 Å². The van der Waals surface area contributed by atoms with Crippen molar-refractivity contribution in [3.8, 4) is 11.8 Å². The highest BCUT2D eigenvalue weighted by Gasteiger charge is 2.55. The normalized spacial score (nSPS) is 20.4. The fourth-order valence-electron chi connectivity index (χ4n) is 4.80. The van der Waals surface area contributed by atoms with E-state index in [1.165, 1.54) is 24.1 Å². The summed E-state index contributed by atoms with van der Waals surface area (Å²) < 4.78 is 18.5. The number of nitrogens with one attached hydrogen (secondary N) is 1. The molecule has 1 atom stereocenters. The van der Waals surface area contributed by atoms with Crippen molar-refractivity contribution in [3.63, 3.8) is 0 Å². The summed E-state index contributed by atoms with van der Waals surface area (Å²) >= 11 is 0. The number of rotatable bonds is 6. The Morgan fingerprint density at radius 2 is 1.80 bits per heavy atom. The quantitative estimate of drug-likeness (QED) is 0.513. The first-order valence-corrected chi connectivity index (χ1v) is 11.7. The summed E-state index contributed by atoms with van der Waals surface area (Å²) in [5, 5.41) is 2.96. The van der Waals surface area contributed by atoms with E-state index in [4.69, 9.17) is 4.74 Å². The Labute approximate surface area is 204 Å². The molecule has 35 heavy (non-hydrogen) atoms. The fraction of sp³-hybridized carbons (Fsp3) is 0.370. The van der Waals surface area contributed by atoms with Gasteiger partial charge in [0.15, 0.2) is 0 Å². The van der Waals surface area contributed by atoms with Crippen molar-refractivity contribution < 1.29 is 23.5 Å². The first kappa shape index (κ1) is 24.4. The van der Waals surface area contributed by atoms with Gasteiger partial charge in [0.25, 0.3) is 11.8 Å². The van der Waals surface area contributed by atoms with Crippen LogP contribution in [0.5, 0.6) is 0 Å². The molecule has 7 nitrogen and oxygen atoms in total. The highest BCUT2D eigenvalue weighted by molar-refractivity contribution is 6.07. The molecule has 0 aliphatic carbocycles. The average molecular weight is 478 g/mol. The molecule has 1 N–H and O–H groups in total. The van der Waals surface area contributed by atoms with Crippen LogP contribution in [0.4, 0.5) is 9.18 Å². The molecular formula is C27H28FN3O4. The minimum absolute atomic E-state index is 0.152. The number of benzene rings is 2. The Bertz CT molecular complexity index is 1130. The third-order valence-corrected chi connectivity index (χ3v) is 6.68. The van der Waals surface area contributed by atoms with E-state index >= 15 is 0 Å². The minimum atomic E-state index is -1.16. The predicted octanol–water partition coefficient (Wildman–Crippen LogP) is 2.60. The zero-order valence-corrected chi connectivity index (χ0v) is 19.6. The number of carbonyl (C=O) groups is 3. The molecular weight excluding hydrogens is 449 g/mol. The maximum Gasteiger partial charge on any atom is 0.325 e. The van der Waals surface area contributed by atoms with Gasteiger partial charge >= 0.3 is 6.03 Å². The van der Waals surface area contributed by atoms with Crippen LogP contribution in [0.1, 0.15) is 24.0 Å². The molecule has 2 aliphatic heterocycles. The highest BCUT2D eigenvalue weighted by atomic mass is 19.1. The second-order valence-corrected chi connectivity index (χ2v) is 8.84. The number of nitrogens with zero attached hydrogens (tertiary/aromatic N) is 2. The number of hydrogen-bond acceptors (Lipinski definition) is 4. The predicted molar refractivity (Wildman–Crippen MR) is 128 cm³/mol. The maximum atomic E-state index is 13.6. The van der Waals surface area contributed by atoms with Crippen LogP contribution in [-0.2, 0) is 20.7 Å². The summed E-state index contributed by atoms with van der Waals surface area (Å²) in [7, 11) is 1.51. The maximum absolute atomic E-state index is 13.6. The number of likely N-dealkylation sites (tertiary alicyclic amines) is 1. The Morgan fingerprint density at radius 1 is 1.11 bits per heavy atom. The largest absolute Gasteiger partial charge is 0.383 e. The van der Waals surface area contributed by atoms with Crippen LogP contribution in [0.15, 0.2) is 54.6 Å². The van der Waals surface area contributed by atoms with Gasteiger partial charge in [-0.2, -0.15) is 0 Å². The second kappa shape index (κ2) is 10.7. The summed E-state index contributed by atoms with van der Waals surface area (Å²) in [6, 6.07) is 14.8. The molecule has 182 valence electrons. The third-order valence-electron chi connectivity index (χ3n) is 6.68. The van der Waals surface area contributed by atoms with Crippen molar-refractivity contribution in [3.05, 3.63) is 71.5 Å². The molecule has 2 saturated heterocycles. The van der Waals surface area contributed by atoms with Gasteiger partial charge in [-0.25, -0.2) is 9.18 Å². The van der Waals surface area contributed by atoms with Crippen molar-refractivity contribution in [1.82, 2.24) is 15.1 Å². The van der Waals surface area contributed by atoms with Crippen molar-refractivity contribution in [2.45, 2.75) is 24.8 Å². The van der Waals surface area contributed by atoms with Crippen molar-refractivity contribution >= 4 is 17.8 Å². The number of carbonyl (C=O) groups excluding carboxylic acids is 3. The molecule has 0 aromatic heterocycles. The first-order valence-electron chi connectivity index (χ1n) is 11.7. The van der Waals surface area contributed by atoms with E-state index < -0.39 is 11.6 Å². The topological polar surface area (TPSA) is 79.0 Å². The number of piperidine rings is 1. The van der Waals surface area contributed by atoms with E-state index in [0.717, 1.165) is 11.1 Å². The molecule has 4 rings (SSSR count). The number of urea groups is 1. The molecule has 0 bridgehead atoms. The minimum Gasteiger partial charge on any atom is -0.383 e. The number of halogens is 1. The van der Waals surface area contributed by atoms with Crippen LogP contribution in [0, 0.1) is 23.6 Å². The Morgan fingerprint density at radius 3 is 2.46 bits per heavy atom. The number of methoxy groups -OCH3 is 1. The second-order valence-electron chi connectivity index (χ2n) is 8.84. The molecule has 0 unspecified atom stereocenters. The van der Waals surface area contributed by atoms with Crippen LogP contribution in [0.2, 0.25) is 0 Å². The molecule has 0 spiro atoms. The first-order chi connectivity index (χ1) is 16.9. The third kappa shape index (κ3) is 5.36. The molecule has 2 aromatic rings. The number of imide groups is 1. The van der Waals surface area contributed by atoms with Gasteiger partial charge in [0.05, 0.1) is 13.2 Å². The van der Waals surface area contributed by atoms with Crippen LogP contribution >= 0.6 is 0 Å². The lowest BCUT2D eigenvalue weighted by Crippen LogP contribution is -2.58. The number of amides is 4. The van der Waals surface area contributed by atoms with Crippen molar-refractivity contribution in [1.29, 1.82) is 0 Å². The summed E-state index contributed by atoms with van der Waals surface area (Å²) in [4.78, 5) is 41.9. The zero-order chi connectivity index (χ0) is 24.8. The lowest BCUT2D eigenvalue weighted by molar-refractivity contribution is -0.135. The summed E-state index contributed by atoms with van der Waals surface area (Å²) in [6.45, 7) is 1.25.